The minimum Gasteiger partial charge on any atom is -0.385 e. The molecule has 20 heavy (non-hydrogen) atoms. The van der Waals surface area contributed by atoms with Crippen LogP contribution < -0.4 is 10.0 Å². The Morgan fingerprint density at radius 2 is 1.90 bits per heavy atom. The number of aryl methyl sites for hydroxylation is 1. The standard InChI is InChI=1S/C15H22N2O2S/c18-20(19,14-6-2-1-3-7-14)17-13-8-9-15-12(11-13)5-4-10-16-15/h8-9,11,14,16-17H,1-7,10H2. The van der Waals surface area contributed by atoms with Crippen molar-refractivity contribution in [1.82, 2.24) is 0 Å². The van der Waals surface area contributed by atoms with E-state index in [1.54, 1.807) is 0 Å². The van der Waals surface area contributed by atoms with Crippen LogP contribution >= 0.6 is 0 Å². The number of hydrogen-bond acceptors (Lipinski definition) is 3. The molecular formula is C15H22N2O2S. The summed E-state index contributed by atoms with van der Waals surface area (Å²) in [4.78, 5) is 0. The summed E-state index contributed by atoms with van der Waals surface area (Å²) in [7, 11) is -3.23. The molecule has 1 saturated carbocycles. The van der Waals surface area contributed by atoms with E-state index in [-0.39, 0.29) is 5.25 Å². The Balaban J connectivity index is 1.76. The molecule has 1 fully saturated rings. The van der Waals surface area contributed by atoms with Crippen molar-refractivity contribution in [2.75, 3.05) is 16.6 Å². The fourth-order valence-electron chi connectivity index (χ4n) is 3.16. The minimum absolute atomic E-state index is 0.217. The summed E-state index contributed by atoms with van der Waals surface area (Å²) in [6.07, 6.45) is 6.92. The molecular weight excluding hydrogens is 272 g/mol. The van der Waals surface area contributed by atoms with Crippen LogP contribution in [0.5, 0.6) is 0 Å². The Bertz CT molecular complexity index is 578. The van der Waals surface area contributed by atoms with Gasteiger partial charge < -0.3 is 5.32 Å². The van der Waals surface area contributed by atoms with Gasteiger partial charge in [0, 0.05) is 17.9 Å². The Labute approximate surface area is 121 Å². The third-order valence-corrected chi connectivity index (χ3v) is 6.16. The van der Waals surface area contributed by atoms with Gasteiger partial charge in [-0.1, -0.05) is 19.3 Å². The first-order chi connectivity index (χ1) is 9.65. The Hall–Kier alpha value is -1.23. The molecule has 3 rings (SSSR count). The first-order valence-corrected chi connectivity index (χ1v) is 9.08. The van der Waals surface area contributed by atoms with Crippen molar-refractivity contribution in [2.24, 2.45) is 0 Å². The van der Waals surface area contributed by atoms with Crippen LogP contribution in [-0.2, 0) is 16.4 Å². The molecule has 1 heterocycles. The lowest BCUT2D eigenvalue weighted by Gasteiger charge is -2.23. The van der Waals surface area contributed by atoms with Gasteiger partial charge >= 0.3 is 0 Å². The third kappa shape index (κ3) is 2.92. The van der Waals surface area contributed by atoms with Crippen LogP contribution in [-0.4, -0.2) is 20.2 Å². The molecule has 4 nitrogen and oxygen atoms in total. The van der Waals surface area contributed by atoms with Crippen LogP contribution in [0.4, 0.5) is 11.4 Å². The second kappa shape index (κ2) is 5.64. The zero-order valence-corrected chi connectivity index (χ0v) is 12.5. The molecule has 110 valence electrons. The van der Waals surface area contributed by atoms with Gasteiger partial charge in [-0.2, -0.15) is 0 Å². The second-order valence-corrected chi connectivity index (χ2v) is 7.77. The quantitative estimate of drug-likeness (QED) is 0.900. The summed E-state index contributed by atoms with van der Waals surface area (Å²) in [5, 5.41) is 3.12. The molecule has 0 bridgehead atoms. The first-order valence-electron chi connectivity index (χ1n) is 7.53. The molecule has 1 aromatic carbocycles. The van der Waals surface area contributed by atoms with Crippen LogP contribution in [0.15, 0.2) is 18.2 Å². The highest BCUT2D eigenvalue weighted by Crippen LogP contribution is 2.28. The maximum atomic E-state index is 12.4. The predicted molar refractivity (Wildman–Crippen MR) is 82.7 cm³/mol. The molecule has 0 radical (unpaired) electrons. The monoisotopic (exact) mass is 294 g/mol. The molecule has 0 unspecified atom stereocenters. The number of fused-ring (bicyclic) bond motifs is 1. The highest BCUT2D eigenvalue weighted by atomic mass is 32.2. The van der Waals surface area contributed by atoms with Gasteiger partial charge in [-0.25, -0.2) is 8.42 Å². The highest BCUT2D eigenvalue weighted by molar-refractivity contribution is 7.93. The molecule has 1 aliphatic heterocycles. The van der Waals surface area contributed by atoms with Crippen LogP contribution in [0.1, 0.15) is 44.1 Å². The average molecular weight is 294 g/mol. The van der Waals surface area contributed by atoms with Crippen molar-refractivity contribution in [3.05, 3.63) is 23.8 Å². The van der Waals surface area contributed by atoms with Gasteiger partial charge in [0.2, 0.25) is 10.0 Å². The van der Waals surface area contributed by atoms with Crippen molar-refractivity contribution in [2.45, 2.75) is 50.2 Å². The summed E-state index contributed by atoms with van der Waals surface area (Å²) in [5.41, 5.74) is 3.05. The summed E-state index contributed by atoms with van der Waals surface area (Å²) in [6, 6.07) is 5.81. The van der Waals surface area contributed by atoms with E-state index in [9.17, 15) is 8.42 Å². The third-order valence-electron chi connectivity index (χ3n) is 4.29. The van der Waals surface area contributed by atoms with E-state index in [1.165, 1.54) is 5.56 Å². The number of nitrogens with one attached hydrogen (secondary N) is 2. The number of sulfonamides is 1. The molecule has 0 spiro atoms. The summed E-state index contributed by atoms with van der Waals surface area (Å²) < 4.78 is 27.6. The molecule has 5 heteroatoms. The molecule has 1 aliphatic carbocycles. The minimum atomic E-state index is -3.23. The second-order valence-electron chi connectivity index (χ2n) is 5.81. The molecule has 1 aromatic rings. The fraction of sp³-hybridized carbons (Fsp3) is 0.600. The number of benzene rings is 1. The van der Waals surface area contributed by atoms with Crippen molar-refractivity contribution < 1.29 is 8.42 Å². The number of rotatable bonds is 3. The van der Waals surface area contributed by atoms with Gasteiger partial charge in [0.1, 0.15) is 0 Å². The van der Waals surface area contributed by atoms with Gasteiger partial charge in [-0.3, -0.25) is 4.72 Å². The van der Waals surface area contributed by atoms with E-state index in [0.717, 1.165) is 57.2 Å². The van der Waals surface area contributed by atoms with E-state index in [0.29, 0.717) is 5.69 Å². The van der Waals surface area contributed by atoms with Crippen LogP contribution in [0.25, 0.3) is 0 Å². The van der Waals surface area contributed by atoms with Crippen LogP contribution in [0.2, 0.25) is 0 Å². The Morgan fingerprint density at radius 1 is 1.10 bits per heavy atom. The largest absolute Gasteiger partial charge is 0.385 e. The zero-order valence-electron chi connectivity index (χ0n) is 11.7. The normalized spacial score (nSPS) is 20.0. The van der Waals surface area contributed by atoms with Crippen molar-refractivity contribution in [3.63, 3.8) is 0 Å². The molecule has 0 amide bonds. The SMILES string of the molecule is O=S(=O)(Nc1ccc2c(c1)CCCN2)C1CCCCC1. The molecule has 2 aliphatic rings. The lowest BCUT2D eigenvalue weighted by Crippen LogP contribution is -2.29. The van der Waals surface area contributed by atoms with E-state index >= 15 is 0 Å². The van der Waals surface area contributed by atoms with E-state index in [1.807, 2.05) is 18.2 Å². The summed E-state index contributed by atoms with van der Waals surface area (Å²) >= 11 is 0. The van der Waals surface area contributed by atoms with Gasteiger partial charge in [0.25, 0.3) is 0 Å². The van der Waals surface area contributed by atoms with Gasteiger partial charge in [-0.15, -0.1) is 0 Å². The predicted octanol–water partition coefficient (Wildman–Crippen LogP) is 3.12. The van der Waals surface area contributed by atoms with Crippen molar-refractivity contribution >= 4 is 21.4 Å². The summed E-state index contributed by atoms with van der Waals surface area (Å²) in [5.74, 6) is 0. The highest BCUT2D eigenvalue weighted by Gasteiger charge is 2.27. The lowest BCUT2D eigenvalue weighted by atomic mass is 10.0. The Kier molecular flexibility index (Phi) is 3.87. The van der Waals surface area contributed by atoms with E-state index in [2.05, 4.69) is 10.0 Å². The summed E-state index contributed by atoms with van der Waals surface area (Å²) in [6.45, 7) is 1.00. The maximum absolute atomic E-state index is 12.4. The Morgan fingerprint density at radius 3 is 2.70 bits per heavy atom. The topological polar surface area (TPSA) is 58.2 Å². The fourth-order valence-corrected chi connectivity index (χ4v) is 4.74. The van der Waals surface area contributed by atoms with E-state index in [4.69, 9.17) is 0 Å². The average Bonchev–Trinajstić information content (AvgIpc) is 2.48. The lowest BCUT2D eigenvalue weighted by molar-refractivity contribution is 0.486. The van der Waals surface area contributed by atoms with Crippen molar-refractivity contribution in [1.29, 1.82) is 0 Å². The zero-order chi connectivity index (χ0) is 14.0. The van der Waals surface area contributed by atoms with Crippen LogP contribution in [0, 0.1) is 0 Å². The molecule has 0 aromatic heterocycles. The smallest absolute Gasteiger partial charge is 0.235 e. The van der Waals surface area contributed by atoms with E-state index < -0.39 is 10.0 Å². The first kappa shape index (κ1) is 13.7. The van der Waals surface area contributed by atoms with Gasteiger partial charge in [-0.05, 0) is 49.4 Å². The maximum Gasteiger partial charge on any atom is 0.235 e. The molecule has 0 saturated heterocycles. The van der Waals surface area contributed by atoms with Gasteiger partial charge in [0.05, 0.1) is 5.25 Å². The van der Waals surface area contributed by atoms with Gasteiger partial charge in [0.15, 0.2) is 0 Å². The van der Waals surface area contributed by atoms with Crippen LogP contribution in [0.3, 0.4) is 0 Å². The number of anilines is 2. The molecule has 2 N–H and O–H groups in total. The van der Waals surface area contributed by atoms with Crippen molar-refractivity contribution in [3.8, 4) is 0 Å². The molecule has 0 atom stereocenters. The number of hydrogen-bond donors (Lipinski definition) is 2.